The van der Waals surface area contributed by atoms with Gasteiger partial charge in [0.1, 0.15) is 5.69 Å². The first-order chi connectivity index (χ1) is 12.0. The van der Waals surface area contributed by atoms with Crippen molar-refractivity contribution in [3.63, 3.8) is 0 Å². The highest BCUT2D eigenvalue weighted by atomic mass is 16.2. The van der Waals surface area contributed by atoms with Gasteiger partial charge in [-0.3, -0.25) is 9.78 Å². The van der Waals surface area contributed by atoms with Crippen molar-refractivity contribution in [3.05, 3.63) is 53.9 Å². The normalized spacial score (nSPS) is 15.4. The molecule has 0 unspecified atom stereocenters. The Morgan fingerprint density at radius 2 is 1.80 bits per heavy atom. The minimum absolute atomic E-state index is 0.0331. The third-order valence-electron chi connectivity index (χ3n) is 4.92. The number of carbonyl (C=O) groups is 1. The number of rotatable bonds is 4. The van der Waals surface area contributed by atoms with Crippen molar-refractivity contribution in [3.8, 4) is 0 Å². The van der Waals surface area contributed by atoms with Gasteiger partial charge in [-0.25, -0.2) is 0 Å². The Hall–Kier alpha value is -2.36. The van der Waals surface area contributed by atoms with Gasteiger partial charge in [-0.1, -0.05) is 32.9 Å². The SMILES string of the molecule is CC1CCN(C(=O)c2cc(Nc3ccc(C(C)C)cc3)ccn2)CC1. The summed E-state index contributed by atoms with van der Waals surface area (Å²) in [6, 6.07) is 12.2. The zero-order valence-corrected chi connectivity index (χ0v) is 15.3. The van der Waals surface area contributed by atoms with Crippen LogP contribution in [0, 0.1) is 5.92 Å². The molecule has 1 aliphatic heterocycles. The molecule has 1 aliphatic rings. The number of hydrogen-bond donors (Lipinski definition) is 1. The number of nitrogens with one attached hydrogen (secondary N) is 1. The molecule has 1 fully saturated rings. The Bertz CT molecular complexity index is 716. The molecule has 0 aliphatic carbocycles. The van der Waals surface area contributed by atoms with Crippen LogP contribution >= 0.6 is 0 Å². The van der Waals surface area contributed by atoms with Crippen molar-refractivity contribution in [2.75, 3.05) is 18.4 Å². The average molecular weight is 337 g/mol. The maximum absolute atomic E-state index is 12.7. The van der Waals surface area contributed by atoms with Gasteiger partial charge in [-0.05, 0) is 54.5 Å². The molecule has 3 rings (SSSR count). The molecule has 1 aromatic heterocycles. The van der Waals surface area contributed by atoms with E-state index < -0.39 is 0 Å². The second-order valence-electron chi connectivity index (χ2n) is 7.31. The molecule has 1 saturated heterocycles. The number of aromatic nitrogens is 1. The molecule has 0 atom stereocenters. The standard InChI is InChI=1S/C21H27N3O/c1-15(2)17-4-6-18(7-5-17)23-19-8-11-22-20(14-19)21(25)24-12-9-16(3)10-13-24/h4-8,11,14-16H,9-10,12-13H2,1-3H3,(H,22,23). The Morgan fingerprint density at radius 1 is 1.12 bits per heavy atom. The molecule has 25 heavy (non-hydrogen) atoms. The van der Waals surface area contributed by atoms with Gasteiger partial charge >= 0.3 is 0 Å². The third kappa shape index (κ3) is 4.38. The topological polar surface area (TPSA) is 45.2 Å². The predicted molar refractivity (Wildman–Crippen MR) is 102 cm³/mol. The number of amides is 1. The molecule has 2 aromatic rings. The van der Waals surface area contributed by atoms with E-state index in [1.54, 1.807) is 6.20 Å². The summed E-state index contributed by atoms with van der Waals surface area (Å²) in [7, 11) is 0. The Balaban J connectivity index is 1.69. The number of carbonyl (C=O) groups excluding carboxylic acids is 1. The summed E-state index contributed by atoms with van der Waals surface area (Å²) in [4.78, 5) is 18.9. The van der Waals surface area contributed by atoms with E-state index in [-0.39, 0.29) is 5.91 Å². The largest absolute Gasteiger partial charge is 0.355 e. The second-order valence-corrected chi connectivity index (χ2v) is 7.31. The number of likely N-dealkylation sites (tertiary alicyclic amines) is 1. The molecular weight excluding hydrogens is 310 g/mol. The van der Waals surface area contributed by atoms with Crippen molar-refractivity contribution in [2.45, 2.75) is 39.5 Å². The minimum atomic E-state index is 0.0331. The van der Waals surface area contributed by atoms with Crippen molar-refractivity contribution in [1.29, 1.82) is 0 Å². The summed E-state index contributed by atoms with van der Waals surface area (Å²) < 4.78 is 0. The first-order valence-corrected chi connectivity index (χ1v) is 9.15. The van der Waals surface area contributed by atoms with Crippen LogP contribution in [0.3, 0.4) is 0 Å². The van der Waals surface area contributed by atoms with Gasteiger partial charge in [0.05, 0.1) is 0 Å². The predicted octanol–water partition coefficient (Wildman–Crippen LogP) is 4.82. The highest BCUT2D eigenvalue weighted by molar-refractivity contribution is 5.93. The monoisotopic (exact) mass is 337 g/mol. The lowest BCUT2D eigenvalue weighted by atomic mass is 9.99. The van der Waals surface area contributed by atoms with Crippen LogP contribution in [-0.4, -0.2) is 28.9 Å². The van der Waals surface area contributed by atoms with Gasteiger partial charge in [0.15, 0.2) is 0 Å². The third-order valence-corrected chi connectivity index (χ3v) is 4.92. The Kier molecular flexibility index (Phi) is 5.37. The highest BCUT2D eigenvalue weighted by Gasteiger charge is 2.22. The van der Waals surface area contributed by atoms with Gasteiger partial charge in [0.25, 0.3) is 5.91 Å². The van der Waals surface area contributed by atoms with Crippen LogP contribution in [0.25, 0.3) is 0 Å². The van der Waals surface area contributed by atoms with Gasteiger partial charge in [-0.2, -0.15) is 0 Å². The molecular formula is C21H27N3O. The summed E-state index contributed by atoms with van der Waals surface area (Å²) in [5.74, 6) is 1.26. The maximum Gasteiger partial charge on any atom is 0.272 e. The molecule has 1 N–H and O–H groups in total. The quantitative estimate of drug-likeness (QED) is 0.870. The van der Waals surface area contributed by atoms with E-state index in [9.17, 15) is 4.79 Å². The van der Waals surface area contributed by atoms with Crippen molar-refractivity contribution in [2.24, 2.45) is 5.92 Å². The van der Waals surface area contributed by atoms with Gasteiger partial charge < -0.3 is 10.2 Å². The average Bonchev–Trinajstić information content (AvgIpc) is 2.62. The second kappa shape index (κ2) is 7.68. The number of nitrogens with zero attached hydrogens (tertiary/aromatic N) is 2. The molecule has 0 bridgehead atoms. The molecule has 0 spiro atoms. The van der Waals surface area contributed by atoms with E-state index in [1.165, 1.54) is 5.56 Å². The summed E-state index contributed by atoms with van der Waals surface area (Å²) in [5.41, 5.74) is 3.73. The van der Waals surface area contributed by atoms with Crippen molar-refractivity contribution in [1.82, 2.24) is 9.88 Å². The van der Waals surface area contributed by atoms with E-state index in [2.05, 4.69) is 55.3 Å². The molecule has 2 heterocycles. The Morgan fingerprint density at radius 3 is 2.44 bits per heavy atom. The first-order valence-electron chi connectivity index (χ1n) is 9.15. The lowest BCUT2D eigenvalue weighted by molar-refractivity contribution is 0.0691. The molecule has 1 amide bonds. The minimum Gasteiger partial charge on any atom is -0.355 e. The van der Waals surface area contributed by atoms with Crippen LogP contribution in [-0.2, 0) is 0 Å². The van der Waals surface area contributed by atoms with Gasteiger partial charge in [0, 0.05) is 30.7 Å². The van der Waals surface area contributed by atoms with Crippen molar-refractivity contribution >= 4 is 17.3 Å². The number of anilines is 2. The molecule has 0 saturated carbocycles. The van der Waals surface area contributed by atoms with E-state index in [4.69, 9.17) is 0 Å². The van der Waals surface area contributed by atoms with Crippen LogP contribution in [0.2, 0.25) is 0 Å². The van der Waals surface area contributed by atoms with E-state index in [1.807, 2.05) is 17.0 Å². The molecule has 0 radical (unpaired) electrons. The fraction of sp³-hybridized carbons (Fsp3) is 0.429. The number of benzene rings is 1. The maximum atomic E-state index is 12.7. The molecule has 4 nitrogen and oxygen atoms in total. The van der Waals surface area contributed by atoms with E-state index >= 15 is 0 Å². The number of piperidine rings is 1. The van der Waals surface area contributed by atoms with Crippen LogP contribution < -0.4 is 5.32 Å². The lowest BCUT2D eigenvalue weighted by Crippen LogP contribution is -2.38. The van der Waals surface area contributed by atoms with Crippen molar-refractivity contribution < 1.29 is 4.79 Å². The van der Waals surface area contributed by atoms with Gasteiger partial charge in [0.2, 0.25) is 0 Å². The molecule has 4 heteroatoms. The molecule has 1 aromatic carbocycles. The van der Waals surface area contributed by atoms with Gasteiger partial charge in [-0.15, -0.1) is 0 Å². The van der Waals surface area contributed by atoms with Crippen LogP contribution in [0.1, 0.15) is 55.6 Å². The summed E-state index contributed by atoms with van der Waals surface area (Å²) >= 11 is 0. The fourth-order valence-corrected chi connectivity index (χ4v) is 3.12. The summed E-state index contributed by atoms with van der Waals surface area (Å²) in [6.45, 7) is 8.27. The number of pyridine rings is 1. The summed E-state index contributed by atoms with van der Waals surface area (Å²) in [6.07, 6.45) is 3.85. The van der Waals surface area contributed by atoms with Crippen LogP contribution in [0.15, 0.2) is 42.6 Å². The van der Waals surface area contributed by atoms with Crippen LogP contribution in [0.4, 0.5) is 11.4 Å². The first kappa shape index (κ1) is 17.5. The fourth-order valence-electron chi connectivity index (χ4n) is 3.12. The summed E-state index contributed by atoms with van der Waals surface area (Å²) in [5, 5.41) is 3.36. The van der Waals surface area contributed by atoms with Crippen LogP contribution in [0.5, 0.6) is 0 Å². The zero-order chi connectivity index (χ0) is 17.8. The van der Waals surface area contributed by atoms with E-state index in [0.717, 1.165) is 37.3 Å². The smallest absolute Gasteiger partial charge is 0.272 e. The zero-order valence-electron chi connectivity index (χ0n) is 15.3. The highest BCUT2D eigenvalue weighted by Crippen LogP contribution is 2.22. The number of hydrogen-bond acceptors (Lipinski definition) is 3. The molecule has 132 valence electrons. The Labute approximate surface area is 150 Å². The van der Waals surface area contributed by atoms with E-state index in [0.29, 0.717) is 17.5 Å². The lowest BCUT2D eigenvalue weighted by Gasteiger charge is -2.30.